The maximum absolute atomic E-state index is 12.4. The van der Waals surface area contributed by atoms with E-state index in [9.17, 15) is 4.79 Å². The van der Waals surface area contributed by atoms with E-state index >= 15 is 0 Å². The van der Waals surface area contributed by atoms with Gasteiger partial charge in [-0.15, -0.1) is 0 Å². The number of guanidine groups is 1. The van der Waals surface area contributed by atoms with Crippen LogP contribution >= 0.6 is 0 Å². The Morgan fingerprint density at radius 3 is 2.80 bits per heavy atom. The molecule has 5 nitrogen and oxygen atoms in total. The smallest absolute Gasteiger partial charge is 0.224 e. The van der Waals surface area contributed by atoms with Crippen LogP contribution in [0.3, 0.4) is 0 Å². The van der Waals surface area contributed by atoms with Crippen molar-refractivity contribution in [3.05, 3.63) is 35.9 Å². The number of rotatable bonds is 6. The molecule has 0 radical (unpaired) electrons. The lowest BCUT2D eigenvalue weighted by atomic mass is 10.00. The van der Waals surface area contributed by atoms with Gasteiger partial charge < -0.3 is 15.1 Å². The van der Waals surface area contributed by atoms with E-state index in [1.54, 1.807) is 0 Å². The van der Waals surface area contributed by atoms with E-state index in [1.165, 1.54) is 12.0 Å². The third-order valence-corrected chi connectivity index (χ3v) is 4.56. The average molecular weight is 345 g/mol. The van der Waals surface area contributed by atoms with Gasteiger partial charge in [-0.2, -0.15) is 0 Å². The highest BCUT2D eigenvalue weighted by molar-refractivity contribution is 5.80. The molecular formula is C20H32N4O. The molecule has 1 aliphatic heterocycles. The van der Waals surface area contributed by atoms with Gasteiger partial charge in [0.15, 0.2) is 5.96 Å². The molecule has 1 heterocycles. The second kappa shape index (κ2) is 10.1. The van der Waals surface area contributed by atoms with Crippen LogP contribution in [-0.4, -0.2) is 54.9 Å². The number of benzene rings is 1. The fraction of sp³-hybridized carbons (Fsp3) is 0.600. The molecule has 1 aromatic rings. The van der Waals surface area contributed by atoms with Crippen molar-refractivity contribution in [1.29, 1.82) is 0 Å². The second-order valence-electron chi connectivity index (χ2n) is 6.91. The van der Waals surface area contributed by atoms with Crippen molar-refractivity contribution in [3.63, 3.8) is 0 Å². The van der Waals surface area contributed by atoms with Crippen LogP contribution in [0.15, 0.2) is 35.3 Å². The van der Waals surface area contributed by atoms with Crippen LogP contribution in [0.1, 0.15) is 38.7 Å². The first-order chi connectivity index (χ1) is 12.1. The van der Waals surface area contributed by atoms with Crippen molar-refractivity contribution in [2.45, 2.75) is 39.7 Å². The van der Waals surface area contributed by atoms with E-state index in [2.05, 4.69) is 41.2 Å². The number of hydrogen-bond donors (Lipinski definition) is 1. The highest BCUT2D eigenvalue weighted by atomic mass is 16.2. The van der Waals surface area contributed by atoms with Gasteiger partial charge in [0.25, 0.3) is 0 Å². The molecule has 1 aliphatic rings. The van der Waals surface area contributed by atoms with Gasteiger partial charge in [0.2, 0.25) is 5.91 Å². The molecule has 1 atom stereocenters. The SMILES string of the molecule is CCNC(=NCCC(=O)N1CCCC(C)C1)N(C)Cc1ccccc1. The first-order valence-electron chi connectivity index (χ1n) is 9.41. The first-order valence-corrected chi connectivity index (χ1v) is 9.41. The minimum Gasteiger partial charge on any atom is -0.357 e. The summed E-state index contributed by atoms with van der Waals surface area (Å²) in [5.74, 6) is 1.71. The molecule has 0 aromatic heterocycles. The molecule has 5 heteroatoms. The quantitative estimate of drug-likeness (QED) is 0.638. The fourth-order valence-electron chi connectivity index (χ4n) is 3.23. The first kappa shape index (κ1) is 19.3. The van der Waals surface area contributed by atoms with Crippen molar-refractivity contribution < 1.29 is 4.79 Å². The van der Waals surface area contributed by atoms with Gasteiger partial charge in [-0.05, 0) is 31.2 Å². The number of likely N-dealkylation sites (tertiary alicyclic amines) is 1. The summed E-state index contributed by atoms with van der Waals surface area (Å²) in [5.41, 5.74) is 1.24. The number of amides is 1. The topological polar surface area (TPSA) is 47.9 Å². The number of nitrogens with zero attached hydrogens (tertiary/aromatic N) is 3. The average Bonchev–Trinajstić information content (AvgIpc) is 2.61. The molecule has 138 valence electrons. The minimum atomic E-state index is 0.233. The van der Waals surface area contributed by atoms with Gasteiger partial charge in [0.1, 0.15) is 0 Å². The van der Waals surface area contributed by atoms with Crippen molar-refractivity contribution >= 4 is 11.9 Å². The fourth-order valence-corrected chi connectivity index (χ4v) is 3.23. The summed E-state index contributed by atoms with van der Waals surface area (Å²) in [4.78, 5) is 21.1. The summed E-state index contributed by atoms with van der Waals surface area (Å²) < 4.78 is 0. The van der Waals surface area contributed by atoms with E-state index in [-0.39, 0.29) is 5.91 Å². The summed E-state index contributed by atoms with van der Waals surface area (Å²) in [5, 5.41) is 3.31. The van der Waals surface area contributed by atoms with Gasteiger partial charge in [-0.3, -0.25) is 9.79 Å². The molecule has 25 heavy (non-hydrogen) atoms. The van der Waals surface area contributed by atoms with Gasteiger partial charge in [0, 0.05) is 39.6 Å². The molecule has 0 aliphatic carbocycles. The molecule has 1 saturated heterocycles. The molecule has 0 saturated carbocycles. The van der Waals surface area contributed by atoms with Crippen LogP contribution in [0.25, 0.3) is 0 Å². The van der Waals surface area contributed by atoms with E-state index in [4.69, 9.17) is 0 Å². The predicted molar refractivity (Wildman–Crippen MR) is 103 cm³/mol. The lowest BCUT2D eigenvalue weighted by molar-refractivity contribution is -0.132. The standard InChI is InChI=1S/C20H32N4O/c1-4-21-20(23(3)16-18-10-6-5-7-11-18)22-13-12-19(25)24-14-8-9-17(2)15-24/h5-7,10-11,17H,4,8-9,12-16H2,1-3H3,(H,21,22). The molecule has 1 N–H and O–H groups in total. The molecule has 0 spiro atoms. The van der Waals surface area contributed by atoms with Gasteiger partial charge >= 0.3 is 0 Å². The third kappa shape index (κ3) is 6.40. The van der Waals surface area contributed by atoms with Crippen LogP contribution in [0.2, 0.25) is 0 Å². The summed E-state index contributed by atoms with van der Waals surface area (Å²) in [6, 6.07) is 10.3. The number of hydrogen-bond acceptors (Lipinski definition) is 2. The van der Waals surface area contributed by atoms with E-state index < -0.39 is 0 Å². The monoisotopic (exact) mass is 344 g/mol. The summed E-state index contributed by atoms with van der Waals surface area (Å²) in [6.45, 7) is 8.23. The molecule has 1 aromatic carbocycles. The Bertz CT molecular complexity index is 558. The predicted octanol–water partition coefficient (Wildman–Crippen LogP) is 2.73. The number of carbonyl (C=O) groups is 1. The van der Waals surface area contributed by atoms with Gasteiger partial charge in [-0.1, -0.05) is 37.3 Å². The zero-order valence-corrected chi connectivity index (χ0v) is 15.9. The molecular weight excluding hydrogens is 312 g/mol. The zero-order valence-electron chi connectivity index (χ0n) is 15.9. The lowest BCUT2D eigenvalue weighted by Gasteiger charge is -2.31. The largest absolute Gasteiger partial charge is 0.357 e. The number of nitrogens with one attached hydrogen (secondary N) is 1. The van der Waals surface area contributed by atoms with Crippen molar-refractivity contribution in [2.24, 2.45) is 10.9 Å². The molecule has 2 rings (SSSR count). The normalized spacial score (nSPS) is 18.1. The summed E-state index contributed by atoms with van der Waals surface area (Å²) in [7, 11) is 2.03. The van der Waals surface area contributed by atoms with Crippen molar-refractivity contribution in [3.8, 4) is 0 Å². The summed E-state index contributed by atoms with van der Waals surface area (Å²) in [6.07, 6.45) is 2.84. The minimum absolute atomic E-state index is 0.233. The van der Waals surface area contributed by atoms with Crippen LogP contribution in [0.5, 0.6) is 0 Å². The van der Waals surface area contributed by atoms with Crippen LogP contribution < -0.4 is 5.32 Å². The van der Waals surface area contributed by atoms with Crippen LogP contribution in [-0.2, 0) is 11.3 Å². The molecule has 1 unspecified atom stereocenters. The Balaban J connectivity index is 1.86. The Hall–Kier alpha value is -2.04. The highest BCUT2D eigenvalue weighted by Crippen LogP contribution is 2.16. The van der Waals surface area contributed by atoms with E-state index in [0.29, 0.717) is 18.9 Å². The Kier molecular flexibility index (Phi) is 7.76. The molecule has 1 fully saturated rings. The Morgan fingerprint density at radius 1 is 1.36 bits per heavy atom. The highest BCUT2D eigenvalue weighted by Gasteiger charge is 2.20. The lowest BCUT2D eigenvalue weighted by Crippen LogP contribution is -2.40. The number of aliphatic imine (C=N–C) groups is 1. The van der Waals surface area contributed by atoms with Crippen LogP contribution in [0, 0.1) is 5.92 Å². The number of piperidine rings is 1. The van der Waals surface area contributed by atoms with E-state index in [1.807, 2.05) is 30.1 Å². The van der Waals surface area contributed by atoms with Gasteiger partial charge in [-0.25, -0.2) is 0 Å². The van der Waals surface area contributed by atoms with Crippen molar-refractivity contribution in [1.82, 2.24) is 15.1 Å². The van der Waals surface area contributed by atoms with E-state index in [0.717, 1.165) is 38.6 Å². The maximum Gasteiger partial charge on any atom is 0.224 e. The maximum atomic E-state index is 12.4. The Labute approximate surface area is 152 Å². The zero-order chi connectivity index (χ0) is 18.1. The third-order valence-electron chi connectivity index (χ3n) is 4.56. The Morgan fingerprint density at radius 2 is 2.12 bits per heavy atom. The summed E-state index contributed by atoms with van der Waals surface area (Å²) >= 11 is 0. The molecule has 1 amide bonds. The second-order valence-corrected chi connectivity index (χ2v) is 6.91. The van der Waals surface area contributed by atoms with Gasteiger partial charge in [0.05, 0.1) is 6.54 Å². The van der Waals surface area contributed by atoms with Crippen molar-refractivity contribution in [2.75, 3.05) is 33.2 Å². The van der Waals surface area contributed by atoms with Crippen LogP contribution in [0.4, 0.5) is 0 Å². The molecule has 0 bridgehead atoms. The number of carbonyl (C=O) groups excluding carboxylic acids is 1.